The molecular formula is C17H17F3N2O. The smallest absolute Gasteiger partial charge is 0.328 e. The number of halogens is 3. The van der Waals surface area contributed by atoms with E-state index in [0.29, 0.717) is 11.1 Å². The molecule has 1 aliphatic carbocycles. The zero-order valence-electron chi connectivity index (χ0n) is 12.8. The van der Waals surface area contributed by atoms with Crippen LogP contribution in [-0.2, 0) is 12.6 Å². The molecule has 0 fully saturated rings. The highest BCUT2D eigenvalue weighted by Crippen LogP contribution is 2.44. The highest BCUT2D eigenvalue weighted by molar-refractivity contribution is 5.65. The molecule has 6 heteroatoms. The van der Waals surface area contributed by atoms with E-state index < -0.39 is 17.3 Å². The maximum Gasteiger partial charge on any atom is 0.421 e. The molecule has 3 nitrogen and oxygen atoms in total. The van der Waals surface area contributed by atoms with E-state index in [1.807, 2.05) is 12.1 Å². The highest BCUT2D eigenvalue weighted by Gasteiger charge is 2.37. The van der Waals surface area contributed by atoms with Crippen LogP contribution in [0.1, 0.15) is 36.6 Å². The Morgan fingerprint density at radius 1 is 1.22 bits per heavy atom. The van der Waals surface area contributed by atoms with Crippen molar-refractivity contribution in [3.05, 3.63) is 57.5 Å². The number of H-pyrrole nitrogens is 1. The second kappa shape index (κ2) is 4.96. The van der Waals surface area contributed by atoms with Crippen LogP contribution in [0.4, 0.5) is 13.2 Å². The fourth-order valence-corrected chi connectivity index (χ4v) is 3.12. The lowest BCUT2D eigenvalue weighted by atomic mass is 9.86. The third kappa shape index (κ3) is 2.67. The van der Waals surface area contributed by atoms with Crippen LogP contribution in [0.5, 0.6) is 0 Å². The lowest BCUT2D eigenvalue weighted by Gasteiger charge is -2.23. The number of benzene rings is 1. The number of aromatic amines is 1. The van der Waals surface area contributed by atoms with Crippen LogP contribution in [-0.4, -0.2) is 4.98 Å². The van der Waals surface area contributed by atoms with Crippen LogP contribution in [0, 0.1) is 5.41 Å². The molecule has 1 aromatic carbocycles. The number of fused-ring (bicyclic) bond motifs is 1. The summed E-state index contributed by atoms with van der Waals surface area (Å²) in [6.07, 6.45) is -2.60. The van der Waals surface area contributed by atoms with Gasteiger partial charge in [0.25, 0.3) is 5.56 Å². The number of aromatic nitrogens is 1. The van der Waals surface area contributed by atoms with E-state index in [4.69, 9.17) is 5.73 Å². The quantitative estimate of drug-likeness (QED) is 0.842. The van der Waals surface area contributed by atoms with Crippen LogP contribution < -0.4 is 11.3 Å². The van der Waals surface area contributed by atoms with E-state index in [2.05, 4.69) is 18.8 Å². The van der Waals surface area contributed by atoms with E-state index in [-0.39, 0.29) is 11.5 Å². The first-order valence-corrected chi connectivity index (χ1v) is 7.28. The lowest BCUT2D eigenvalue weighted by Crippen LogP contribution is -2.24. The Balaban J connectivity index is 2.07. The van der Waals surface area contributed by atoms with Gasteiger partial charge in [0.1, 0.15) is 5.56 Å². The Morgan fingerprint density at radius 2 is 1.91 bits per heavy atom. The Hall–Kier alpha value is -2.08. The van der Waals surface area contributed by atoms with Gasteiger partial charge in [0.05, 0.1) is 0 Å². The summed E-state index contributed by atoms with van der Waals surface area (Å²) >= 11 is 0. The van der Waals surface area contributed by atoms with Crippen molar-refractivity contribution < 1.29 is 13.2 Å². The topological polar surface area (TPSA) is 58.9 Å². The molecule has 0 aliphatic heterocycles. The minimum atomic E-state index is -4.68. The van der Waals surface area contributed by atoms with E-state index in [1.165, 1.54) is 6.20 Å². The largest absolute Gasteiger partial charge is 0.421 e. The molecule has 0 spiro atoms. The SMILES string of the molecule is CC1(C)Cc2cc(-c3c[nH]c(=O)c(C(F)(F)F)c3)ccc2C1N. The van der Waals surface area contributed by atoms with Gasteiger partial charge < -0.3 is 10.7 Å². The molecule has 23 heavy (non-hydrogen) atoms. The maximum atomic E-state index is 12.9. The van der Waals surface area contributed by atoms with Crippen molar-refractivity contribution in [3.8, 4) is 11.1 Å². The fourth-order valence-electron chi connectivity index (χ4n) is 3.12. The zero-order valence-corrected chi connectivity index (χ0v) is 12.8. The zero-order chi connectivity index (χ0) is 17.0. The standard InChI is InChI=1S/C17H17F3N2O/c1-16(2)7-10-5-9(3-4-12(10)14(16)21)11-6-13(17(18,19)20)15(23)22-8-11/h3-6,8,14H,7,21H2,1-2H3,(H,22,23). The van der Waals surface area contributed by atoms with E-state index in [0.717, 1.165) is 23.6 Å². The molecule has 3 N–H and O–H groups in total. The van der Waals surface area contributed by atoms with Crippen molar-refractivity contribution in [2.45, 2.75) is 32.5 Å². The first-order valence-electron chi connectivity index (χ1n) is 7.28. The fraction of sp³-hybridized carbons (Fsp3) is 0.353. The first-order chi connectivity index (χ1) is 10.6. The van der Waals surface area contributed by atoms with Crippen molar-refractivity contribution in [2.75, 3.05) is 0 Å². The normalized spacial score (nSPS) is 19.7. The number of hydrogen-bond acceptors (Lipinski definition) is 2. The molecule has 3 rings (SSSR count). The molecule has 122 valence electrons. The molecule has 1 aromatic heterocycles. The van der Waals surface area contributed by atoms with Gasteiger partial charge in [0, 0.05) is 12.2 Å². The van der Waals surface area contributed by atoms with Crippen LogP contribution >= 0.6 is 0 Å². The summed E-state index contributed by atoms with van der Waals surface area (Å²) in [5, 5.41) is 0. The Morgan fingerprint density at radius 3 is 2.57 bits per heavy atom. The van der Waals surface area contributed by atoms with Gasteiger partial charge in [0.2, 0.25) is 0 Å². The molecule has 0 saturated carbocycles. The van der Waals surface area contributed by atoms with Crippen LogP contribution in [0.3, 0.4) is 0 Å². The summed E-state index contributed by atoms with van der Waals surface area (Å²) < 4.78 is 38.6. The second-order valence-electron chi connectivity index (χ2n) is 6.69. The van der Waals surface area contributed by atoms with E-state index in [1.54, 1.807) is 6.07 Å². The molecule has 1 atom stereocenters. The monoisotopic (exact) mass is 322 g/mol. The second-order valence-corrected chi connectivity index (χ2v) is 6.69. The van der Waals surface area contributed by atoms with Gasteiger partial charge in [-0.2, -0.15) is 13.2 Å². The number of pyridine rings is 1. The van der Waals surface area contributed by atoms with Gasteiger partial charge in [0.15, 0.2) is 0 Å². The molecule has 1 heterocycles. The van der Waals surface area contributed by atoms with Gasteiger partial charge in [-0.3, -0.25) is 4.79 Å². The number of nitrogens with one attached hydrogen (secondary N) is 1. The van der Waals surface area contributed by atoms with Gasteiger partial charge in [-0.05, 0) is 40.2 Å². The van der Waals surface area contributed by atoms with Crippen molar-refractivity contribution in [3.63, 3.8) is 0 Å². The summed E-state index contributed by atoms with van der Waals surface area (Å²) in [6, 6.07) is 6.27. The Bertz CT molecular complexity index is 821. The van der Waals surface area contributed by atoms with Crippen molar-refractivity contribution in [1.29, 1.82) is 0 Å². The molecule has 2 aromatic rings. The first kappa shape index (κ1) is 15.8. The average Bonchev–Trinajstić information content (AvgIpc) is 2.67. The summed E-state index contributed by atoms with van der Waals surface area (Å²) in [6.45, 7) is 4.14. The van der Waals surface area contributed by atoms with Crippen molar-refractivity contribution in [1.82, 2.24) is 4.98 Å². The summed E-state index contributed by atoms with van der Waals surface area (Å²) in [5.74, 6) is 0. The van der Waals surface area contributed by atoms with E-state index >= 15 is 0 Å². The molecule has 0 saturated heterocycles. The highest BCUT2D eigenvalue weighted by atomic mass is 19.4. The van der Waals surface area contributed by atoms with Crippen molar-refractivity contribution >= 4 is 0 Å². The summed E-state index contributed by atoms with van der Waals surface area (Å²) in [5.41, 5.74) is 6.85. The summed E-state index contributed by atoms with van der Waals surface area (Å²) in [7, 11) is 0. The van der Waals surface area contributed by atoms with Gasteiger partial charge >= 0.3 is 6.18 Å². The average molecular weight is 322 g/mol. The third-order valence-electron chi connectivity index (χ3n) is 4.51. The minimum Gasteiger partial charge on any atom is -0.328 e. The maximum absolute atomic E-state index is 12.9. The molecule has 0 radical (unpaired) electrons. The lowest BCUT2D eigenvalue weighted by molar-refractivity contribution is -0.138. The van der Waals surface area contributed by atoms with Gasteiger partial charge in [-0.25, -0.2) is 0 Å². The Labute approximate surface area is 131 Å². The number of rotatable bonds is 1. The van der Waals surface area contributed by atoms with E-state index in [9.17, 15) is 18.0 Å². The van der Waals surface area contributed by atoms with Gasteiger partial charge in [-0.1, -0.05) is 32.0 Å². The van der Waals surface area contributed by atoms with Gasteiger partial charge in [-0.15, -0.1) is 0 Å². The molecule has 1 unspecified atom stereocenters. The summed E-state index contributed by atoms with van der Waals surface area (Å²) in [4.78, 5) is 13.5. The predicted molar refractivity (Wildman–Crippen MR) is 81.9 cm³/mol. The van der Waals surface area contributed by atoms with Crippen molar-refractivity contribution in [2.24, 2.45) is 11.1 Å². The molecule has 0 amide bonds. The van der Waals surface area contributed by atoms with Crippen LogP contribution in [0.25, 0.3) is 11.1 Å². The number of nitrogens with two attached hydrogens (primary N) is 1. The molecule has 0 bridgehead atoms. The number of hydrogen-bond donors (Lipinski definition) is 2. The predicted octanol–water partition coefficient (Wildman–Crippen LogP) is 3.64. The number of alkyl halides is 3. The Kier molecular flexibility index (Phi) is 3.41. The molecular weight excluding hydrogens is 305 g/mol. The minimum absolute atomic E-state index is 0.0803. The molecule has 1 aliphatic rings. The third-order valence-corrected chi connectivity index (χ3v) is 4.51. The van der Waals surface area contributed by atoms with Crippen LogP contribution in [0.2, 0.25) is 0 Å². The van der Waals surface area contributed by atoms with Crippen LogP contribution in [0.15, 0.2) is 35.3 Å².